The highest BCUT2D eigenvalue weighted by atomic mass is 16.6. The van der Waals surface area contributed by atoms with Crippen molar-refractivity contribution >= 4 is 29.5 Å². The van der Waals surface area contributed by atoms with Gasteiger partial charge in [-0.25, -0.2) is 9.59 Å². The minimum absolute atomic E-state index is 0.0319. The Bertz CT molecular complexity index is 974. The molecule has 0 aliphatic carbocycles. The van der Waals surface area contributed by atoms with Gasteiger partial charge in [-0.2, -0.15) is 0 Å². The lowest BCUT2D eigenvalue weighted by Crippen LogP contribution is -2.55. The van der Waals surface area contributed by atoms with Crippen LogP contribution in [0.25, 0.3) is 0 Å². The first kappa shape index (κ1) is 22.0. The van der Waals surface area contributed by atoms with Crippen molar-refractivity contribution in [1.29, 1.82) is 0 Å². The topological polar surface area (TPSA) is 119 Å². The van der Waals surface area contributed by atoms with Crippen molar-refractivity contribution in [2.75, 3.05) is 18.1 Å². The van der Waals surface area contributed by atoms with Gasteiger partial charge in [0.05, 0.1) is 12.2 Å². The molecule has 0 radical (unpaired) electrons. The number of ether oxygens (including phenoxy) is 3. The molecule has 9 heteroatoms. The summed E-state index contributed by atoms with van der Waals surface area (Å²) in [5, 5.41) is 9.33. The van der Waals surface area contributed by atoms with Crippen molar-refractivity contribution in [3.05, 3.63) is 65.7 Å². The molecule has 31 heavy (non-hydrogen) atoms. The smallest absolute Gasteiger partial charge is 0.348 e. The number of esters is 2. The summed E-state index contributed by atoms with van der Waals surface area (Å²) in [6.45, 7) is 1.32. The summed E-state index contributed by atoms with van der Waals surface area (Å²) in [7, 11) is 0. The van der Waals surface area contributed by atoms with E-state index in [4.69, 9.17) is 14.2 Å². The normalized spacial score (nSPS) is 17.0. The van der Waals surface area contributed by atoms with Gasteiger partial charge in [0.15, 0.2) is 6.10 Å². The van der Waals surface area contributed by atoms with Crippen LogP contribution in [0.4, 0.5) is 5.69 Å². The van der Waals surface area contributed by atoms with Crippen LogP contribution in [0.2, 0.25) is 0 Å². The van der Waals surface area contributed by atoms with Crippen molar-refractivity contribution in [3.8, 4) is 0 Å². The van der Waals surface area contributed by atoms with E-state index < -0.39 is 36.0 Å². The van der Waals surface area contributed by atoms with Gasteiger partial charge in [0.2, 0.25) is 6.10 Å². The number of carbonyl (C=O) groups excluding carboxylic acids is 3. The molecule has 162 valence electrons. The number of carboxylic acids is 1. The molecule has 0 bridgehead atoms. The van der Waals surface area contributed by atoms with Crippen molar-refractivity contribution in [1.82, 2.24) is 0 Å². The molecular weight excluding hydrogens is 406 g/mol. The van der Waals surface area contributed by atoms with Crippen molar-refractivity contribution in [2.45, 2.75) is 25.7 Å². The predicted molar refractivity (Wildman–Crippen MR) is 107 cm³/mol. The highest BCUT2D eigenvalue weighted by Crippen LogP contribution is 2.23. The van der Waals surface area contributed by atoms with E-state index in [0.717, 1.165) is 12.5 Å². The maximum Gasteiger partial charge on any atom is 0.348 e. The molecule has 0 aromatic heterocycles. The number of benzene rings is 2. The highest BCUT2D eigenvalue weighted by molar-refractivity contribution is 6.01. The third kappa shape index (κ3) is 5.46. The number of hydrogen-bond acceptors (Lipinski definition) is 7. The summed E-state index contributed by atoms with van der Waals surface area (Å²) in [4.78, 5) is 49.3. The fourth-order valence-electron chi connectivity index (χ4n) is 3.11. The standard InChI is InChI=1S/C22H21NO8/c1-14(24)31-19(21(26)27)18-20(25)23(10-11-29-18)17-9-5-8-16(12-17)22(28)30-13-15-6-3-2-4-7-15/h2-9,12,18-19H,10-11,13H2,1H3,(H,26,27)/t18?,19-/m1/s1. The van der Waals surface area contributed by atoms with E-state index in [1.807, 2.05) is 30.3 Å². The Labute approximate surface area is 178 Å². The van der Waals surface area contributed by atoms with Crippen LogP contribution in [0.3, 0.4) is 0 Å². The maximum absolute atomic E-state index is 12.9. The molecule has 1 aliphatic rings. The monoisotopic (exact) mass is 427 g/mol. The molecule has 9 nitrogen and oxygen atoms in total. The quantitative estimate of drug-likeness (QED) is 0.664. The third-order valence-corrected chi connectivity index (χ3v) is 4.54. The second-order valence-electron chi connectivity index (χ2n) is 6.76. The molecule has 2 atom stereocenters. The number of hydrogen-bond donors (Lipinski definition) is 1. The molecule has 0 saturated carbocycles. The average molecular weight is 427 g/mol. The van der Waals surface area contributed by atoms with Crippen LogP contribution < -0.4 is 4.90 Å². The molecule has 3 rings (SSSR count). The summed E-state index contributed by atoms with van der Waals surface area (Å²) in [6, 6.07) is 15.4. The lowest BCUT2D eigenvalue weighted by molar-refractivity contribution is -0.177. The van der Waals surface area contributed by atoms with Gasteiger partial charge >= 0.3 is 17.9 Å². The van der Waals surface area contributed by atoms with E-state index in [0.29, 0.717) is 5.69 Å². The van der Waals surface area contributed by atoms with Crippen LogP contribution in [0, 0.1) is 0 Å². The Hall–Kier alpha value is -3.72. The highest BCUT2D eigenvalue weighted by Gasteiger charge is 2.42. The fourth-order valence-corrected chi connectivity index (χ4v) is 3.11. The molecule has 1 aliphatic heterocycles. The number of carboxylic acid groups (broad SMARTS) is 1. The number of morpholine rings is 1. The minimum Gasteiger partial charge on any atom is -0.478 e. The fraction of sp³-hybridized carbons (Fsp3) is 0.273. The van der Waals surface area contributed by atoms with E-state index in [2.05, 4.69) is 0 Å². The first-order valence-electron chi connectivity index (χ1n) is 9.51. The van der Waals surface area contributed by atoms with E-state index in [1.165, 1.54) is 11.0 Å². The summed E-state index contributed by atoms with van der Waals surface area (Å²) >= 11 is 0. The van der Waals surface area contributed by atoms with E-state index in [9.17, 15) is 24.3 Å². The summed E-state index contributed by atoms with van der Waals surface area (Å²) in [5.41, 5.74) is 1.45. The molecule has 2 aromatic rings. The molecular formula is C22H21NO8. The molecule has 1 N–H and O–H groups in total. The summed E-state index contributed by atoms with van der Waals surface area (Å²) in [5.74, 6) is -3.58. The van der Waals surface area contributed by atoms with Crippen molar-refractivity contribution in [3.63, 3.8) is 0 Å². The zero-order chi connectivity index (χ0) is 22.4. The number of carbonyl (C=O) groups is 4. The van der Waals surface area contributed by atoms with Gasteiger partial charge in [-0.15, -0.1) is 0 Å². The first-order chi connectivity index (χ1) is 14.9. The molecule has 1 fully saturated rings. The van der Waals surface area contributed by atoms with Gasteiger partial charge in [-0.1, -0.05) is 36.4 Å². The molecule has 1 heterocycles. The van der Waals surface area contributed by atoms with Gasteiger partial charge in [0.25, 0.3) is 5.91 Å². The predicted octanol–water partition coefficient (Wildman–Crippen LogP) is 1.79. The molecule has 0 spiro atoms. The second-order valence-corrected chi connectivity index (χ2v) is 6.76. The lowest BCUT2D eigenvalue weighted by atomic mass is 10.1. The van der Waals surface area contributed by atoms with E-state index >= 15 is 0 Å². The maximum atomic E-state index is 12.9. The first-order valence-corrected chi connectivity index (χ1v) is 9.51. The lowest BCUT2D eigenvalue weighted by Gasteiger charge is -2.34. The Morgan fingerprint density at radius 2 is 1.90 bits per heavy atom. The van der Waals surface area contributed by atoms with Crippen LogP contribution in [0.1, 0.15) is 22.8 Å². The number of aliphatic carboxylic acids is 1. The van der Waals surface area contributed by atoms with Crippen LogP contribution in [0.5, 0.6) is 0 Å². The number of rotatable bonds is 7. The average Bonchev–Trinajstić information content (AvgIpc) is 2.77. The zero-order valence-electron chi connectivity index (χ0n) is 16.7. The van der Waals surface area contributed by atoms with Crippen LogP contribution in [0.15, 0.2) is 54.6 Å². The summed E-state index contributed by atoms with van der Waals surface area (Å²) < 4.78 is 15.4. The Kier molecular flexibility index (Phi) is 6.99. The SMILES string of the molecule is CC(=O)O[C@@H](C(=O)O)C1OCCN(c2cccc(C(=O)OCc3ccccc3)c2)C1=O. The number of nitrogens with zero attached hydrogens (tertiary/aromatic N) is 1. The van der Waals surface area contributed by atoms with Gasteiger partial charge in [-0.05, 0) is 23.8 Å². The second kappa shape index (κ2) is 9.86. The minimum atomic E-state index is -1.77. The van der Waals surface area contributed by atoms with Crippen LogP contribution >= 0.6 is 0 Å². The summed E-state index contributed by atoms with van der Waals surface area (Å²) in [6.07, 6.45) is -3.27. The van der Waals surface area contributed by atoms with E-state index in [-0.39, 0.29) is 25.3 Å². The molecule has 1 unspecified atom stereocenters. The van der Waals surface area contributed by atoms with Crippen molar-refractivity contribution < 1.29 is 38.5 Å². The molecule has 1 saturated heterocycles. The van der Waals surface area contributed by atoms with Crippen LogP contribution in [-0.2, 0) is 35.2 Å². The number of anilines is 1. The molecule has 2 aromatic carbocycles. The molecule has 1 amide bonds. The Morgan fingerprint density at radius 3 is 2.58 bits per heavy atom. The van der Waals surface area contributed by atoms with Crippen molar-refractivity contribution in [2.24, 2.45) is 0 Å². The van der Waals surface area contributed by atoms with Gasteiger partial charge in [0, 0.05) is 19.2 Å². The zero-order valence-corrected chi connectivity index (χ0v) is 16.7. The Morgan fingerprint density at radius 1 is 1.16 bits per heavy atom. The number of amides is 1. The van der Waals surface area contributed by atoms with E-state index in [1.54, 1.807) is 18.2 Å². The van der Waals surface area contributed by atoms with Gasteiger partial charge in [-0.3, -0.25) is 9.59 Å². The van der Waals surface area contributed by atoms with Gasteiger partial charge in [0.1, 0.15) is 6.61 Å². The Balaban J connectivity index is 1.74. The van der Waals surface area contributed by atoms with Crippen LogP contribution in [-0.4, -0.2) is 54.3 Å². The largest absolute Gasteiger partial charge is 0.478 e. The third-order valence-electron chi connectivity index (χ3n) is 4.54. The van der Waals surface area contributed by atoms with Gasteiger partial charge < -0.3 is 24.2 Å².